The van der Waals surface area contributed by atoms with Gasteiger partial charge < -0.3 is 5.11 Å². The summed E-state index contributed by atoms with van der Waals surface area (Å²) in [5.74, 6) is 3.57. The van der Waals surface area contributed by atoms with Crippen LogP contribution >= 0.6 is 0 Å². The molecule has 5 unspecified atom stereocenters. The summed E-state index contributed by atoms with van der Waals surface area (Å²) in [5.41, 5.74) is 0. The Balaban J connectivity index is 1.68. The van der Waals surface area contributed by atoms with Crippen molar-refractivity contribution in [3.63, 3.8) is 0 Å². The molecule has 0 aromatic carbocycles. The van der Waals surface area contributed by atoms with E-state index >= 15 is 0 Å². The molecule has 0 bridgehead atoms. The first-order chi connectivity index (χ1) is 13.5. The summed E-state index contributed by atoms with van der Waals surface area (Å²) in [6.07, 6.45) is 16.5. The Morgan fingerprint density at radius 1 is 1.04 bits per heavy atom. The maximum absolute atomic E-state index is 11.3. The van der Waals surface area contributed by atoms with Crippen LogP contribution in [0.4, 0.5) is 0 Å². The second-order valence-electron chi connectivity index (χ2n) is 10.4. The molecule has 0 radical (unpaired) electrons. The molecule has 0 spiro atoms. The van der Waals surface area contributed by atoms with Gasteiger partial charge in [-0.25, -0.2) is 0 Å². The summed E-state index contributed by atoms with van der Waals surface area (Å²) in [4.78, 5) is 13.3. The number of piperidine rings is 1. The highest BCUT2D eigenvalue weighted by Gasteiger charge is 2.45. The van der Waals surface area contributed by atoms with Crippen molar-refractivity contribution >= 4 is 5.97 Å². The molecule has 2 N–H and O–H groups in total. The van der Waals surface area contributed by atoms with Gasteiger partial charge in [-0.1, -0.05) is 52.4 Å². The number of fused-ring (bicyclic) bond motifs is 1. The SMILES string of the molecule is CCCCCC1CCC2NC(N(C)CC(=O)O)CC(C3CCC(C)CC3)C2C1. The lowest BCUT2D eigenvalue weighted by atomic mass is 9.61. The lowest BCUT2D eigenvalue weighted by molar-refractivity contribution is -0.139. The summed E-state index contributed by atoms with van der Waals surface area (Å²) >= 11 is 0. The van der Waals surface area contributed by atoms with Gasteiger partial charge in [0.15, 0.2) is 0 Å². The van der Waals surface area contributed by atoms with Crippen molar-refractivity contribution in [2.24, 2.45) is 29.6 Å². The molecule has 3 aliphatic rings. The molecular weight excluding hydrogens is 348 g/mol. The maximum Gasteiger partial charge on any atom is 0.317 e. The summed E-state index contributed by atoms with van der Waals surface area (Å²) in [5, 5.41) is 13.1. The van der Waals surface area contributed by atoms with E-state index in [-0.39, 0.29) is 12.7 Å². The van der Waals surface area contributed by atoms with Crippen LogP contribution in [-0.4, -0.2) is 41.8 Å². The minimum atomic E-state index is -0.714. The zero-order valence-electron chi connectivity index (χ0n) is 18.5. The fourth-order valence-electron chi connectivity index (χ4n) is 6.56. The van der Waals surface area contributed by atoms with Crippen molar-refractivity contribution in [3.05, 3.63) is 0 Å². The zero-order chi connectivity index (χ0) is 20.1. The van der Waals surface area contributed by atoms with E-state index in [2.05, 4.69) is 19.2 Å². The molecule has 0 aromatic rings. The number of carboxylic acid groups (broad SMARTS) is 1. The Morgan fingerprint density at radius 3 is 2.46 bits per heavy atom. The molecule has 1 saturated heterocycles. The van der Waals surface area contributed by atoms with E-state index < -0.39 is 5.97 Å². The van der Waals surface area contributed by atoms with Crippen molar-refractivity contribution in [2.75, 3.05) is 13.6 Å². The van der Waals surface area contributed by atoms with Crippen LogP contribution in [0, 0.1) is 29.6 Å². The van der Waals surface area contributed by atoms with Crippen LogP contribution in [0.5, 0.6) is 0 Å². The molecular formula is C24H44N2O2. The molecule has 4 nitrogen and oxygen atoms in total. The number of nitrogens with one attached hydrogen (secondary N) is 1. The fourth-order valence-corrected chi connectivity index (χ4v) is 6.56. The number of carboxylic acids is 1. The first-order valence-corrected chi connectivity index (χ1v) is 12.2. The van der Waals surface area contributed by atoms with Crippen molar-refractivity contribution in [3.8, 4) is 0 Å². The van der Waals surface area contributed by atoms with Gasteiger partial charge in [0.2, 0.25) is 0 Å². The molecule has 0 aromatic heterocycles. The molecule has 28 heavy (non-hydrogen) atoms. The second-order valence-corrected chi connectivity index (χ2v) is 10.4. The second kappa shape index (κ2) is 10.4. The van der Waals surface area contributed by atoms with Crippen LogP contribution in [0.25, 0.3) is 0 Å². The van der Waals surface area contributed by atoms with Crippen LogP contribution in [-0.2, 0) is 4.79 Å². The monoisotopic (exact) mass is 392 g/mol. The molecule has 1 aliphatic heterocycles. The molecule has 2 saturated carbocycles. The molecule has 0 amide bonds. The van der Waals surface area contributed by atoms with E-state index in [1.807, 2.05) is 11.9 Å². The van der Waals surface area contributed by atoms with E-state index in [0.717, 1.165) is 36.0 Å². The third-order valence-corrected chi connectivity index (χ3v) is 8.26. The zero-order valence-corrected chi connectivity index (χ0v) is 18.5. The Labute approximate surface area is 172 Å². The van der Waals surface area contributed by atoms with Crippen molar-refractivity contribution in [1.82, 2.24) is 10.2 Å². The number of nitrogens with zero attached hydrogens (tertiary/aromatic N) is 1. The maximum atomic E-state index is 11.3. The number of unbranched alkanes of at least 4 members (excludes halogenated alkanes) is 2. The van der Waals surface area contributed by atoms with Gasteiger partial charge in [0.05, 0.1) is 12.7 Å². The highest BCUT2D eigenvalue weighted by Crippen LogP contribution is 2.47. The van der Waals surface area contributed by atoms with Crippen molar-refractivity contribution in [2.45, 2.75) is 103 Å². The molecule has 3 fully saturated rings. The summed E-state index contributed by atoms with van der Waals surface area (Å²) in [6, 6.07) is 0.599. The quantitative estimate of drug-likeness (QED) is 0.562. The minimum Gasteiger partial charge on any atom is -0.480 e. The van der Waals surface area contributed by atoms with Crippen LogP contribution in [0.1, 0.15) is 90.9 Å². The highest BCUT2D eigenvalue weighted by atomic mass is 16.4. The Bertz CT molecular complexity index is 489. The smallest absolute Gasteiger partial charge is 0.317 e. The van der Waals surface area contributed by atoms with Crippen LogP contribution in [0.15, 0.2) is 0 Å². The number of aliphatic carboxylic acids is 1. The Morgan fingerprint density at radius 2 is 1.79 bits per heavy atom. The third-order valence-electron chi connectivity index (χ3n) is 8.26. The van der Waals surface area contributed by atoms with Gasteiger partial charge in [-0.05, 0) is 75.2 Å². The fraction of sp³-hybridized carbons (Fsp3) is 0.958. The van der Waals surface area contributed by atoms with E-state index in [0.29, 0.717) is 6.04 Å². The average molecular weight is 393 g/mol. The number of rotatable bonds is 8. The normalized spacial score (nSPS) is 38.9. The first-order valence-electron chi connectivity index (χ1n) is 12.2. The van der Waals surface area contributed by atoms with Gasteiger partial charge in [-0.15, -0.1) is 0 Å². The van der Waals surface area contributed by atoms with Gasteiger partial charge in [0, 0.05) is 6.04 Å². The summed E-state index contributed by atoms with van der Waals surface area (Å²) in [6.45, 7) is 4.86. The van der Waals surface area contributed by atoms with Crippen molar-refractivity contribution < 1.29 is 9.90 Å². The van der Waals surface area contributed by atoms with Gasteiger partial charge in [0.1, 0.15) is 0 Å². The molecule has 3 rings (SSSR count). The number of likely N-dealkylation sites (N-methyl/N-ethyl adjacent to an activating group) is 1. The first kappa shape index (κ1) is 22.1. The van der Waals surface area contributed by atoms with E-state index in [1.165, 1.54) is 70.6 Å². The Kier molecular flexibility index (Phi) is 8.22. The van der Waals surface area contributed by atoms with Gasteiger partial charge in [0.25, 0.3) is 0 Å². The van der Waals surface area contributed by atoms with Crippen LogP contribution in [0.2, 0.25) is 0 Å². The predicted molar refractivity (Wildman–Crippen MR) is 115 cm³/mol. The topological polar surface area (TPSA) is 52.6 Å². The number of hydrogen-bond acceptors (Lipinski definition) is 3. The minimum absolute atomic E-state index is 0.142. The molecule has 1 heterocycles. The lowest BCUT2D eigenvalue weighted by Gasteiger charge is -2.52. The van der Waals surface area contributed by atoms with Gasteiger partial charge in [-0.2, -0.15) is 0 Å². The molecule has 162 valence electrons. The molecule has 2 aliphatic carbocycles. The molecule has 4 heteroatoms. The predicted octanol–water partition coefficient (Wildman–Crippen LogP) is 5.13. The van der Waals surface area contributed by atoms with Crippen molar-refractivity contribution in [1.29, 1.82) is 0 Å². The lowest BCUT2D eigenvalue weighted by Crippen LogP contribution is -2.60. The van der Waals surface area contributed by atoms with E-state index in [4.69, 9.17) is 0 Å². The summed E-state index contributed by atoms with van der Waals surface area (Å²) in [7, 11) is 1.99. The summed E-state index contributed by atoms with van der Waals surface area (Å²) < 4.78 is 0. The highest BCUT2D eigenvalue weighted by molar-refractivity contribution is 5.69. The van der Waals surface area contributed by atoms with Crippen LogP contribution in [0.3, 0.4) is 0 Å². The standard InChI is InChI=1S/C24H44N2O2/c1-4-5-6-7-18-10-13-22-21(14-18)20(19-11-8-17(2)9-12-19)15-23(25-22)26(3)16-24(27)28/h17-23,25H,4-16H2,1-3H3,(H,27,28). The average Bonchev–Trinajstić information content (AvgIpc) is 2.67. The van der Waals surface area contributed by atoms with Crippen LogP contribution < -0.4 is 5.32 Å². The third kappa shape index (κ3) is 5.72. The van der Waals surface area contributed by atoms with E-state index in [9.17, 15) is 9.90 Å². The largest absolute Gasteiger partial charge is 0.480 e. The van der Waals surface area contributed by atoms with Gasteiger partial charge in [-0.3, -0.25) is 15.0 Å². The molecule has 5 atom stereocenters. The Hall–Kier alpha value is -0.610. The number of carbonyl (C=O) groups is 1. The van der Waals surface area contributed by atoms with Gasteiger partial charge >= 0.3 is 5.97 Å². The van der Waals surface area contributed by atoms with E-state index in [1.54, 1.807) is 0 Å². The number of hydrogen-bond donors (Lipinski definition) is 2.